The van der Waals surface area contributed by atoms with E-state index in [-0.39, 0.29) is 30.1 Å². The number of carbonyl (C=O) groups is 4. The highest BCUT2D eigenvalue weighted by Crippen LogP contribution is 2.30. The summed E-state index contributed by atoms with van der Waals surface area (Å²) in [5.74, 6) is -1.81. The molecule has 4 rings (SSSR count). The zero-order valence-electron chi connectivity index (χ0n) is 21.4. The van der Waals surface area contributed by atoms with Gasteiger partial charge in [0.15, 0.2) is 6.61 Å². The Morgan fingerprint density at radius 1 is 0.947 bits per heavy atom. The van der Waals surface area contributed by atoms with Crippen molar-refractivity contribution in [3.63, 3.8) is 0 Å². The summed E-state index contributed by atoms with van der Waals surface area (Å²) >= 11 is 0. The summed E-state index contributed by atoms with van der Waals surface area (Å²) in [6.45, 7) is 3.55. The Labute approximate surface area is 220 Å². The van der Waals surface area contributed by atoms with Gasteiger partial charge in [0.25, 0.3) is 11.8 Å². The molecule has 0 aromatic heterocycles. The van der Waals surface area contributed by atoms with Crippen molar-refractivity contribution in [2.75, 3.05) is 35.8 Å². The zero-order valence-corrected chi connectivity index (χ0v) is 21.4. The first-order valence-electron chi connectivity index (χ1n) is 12.1. The lowest BCUT2D eigenvalue weighted by molar-refractivity contribution is -0.151. The van der Waals surface area contributed by atoms with E-state index >= 15 is 0 Å². The molecule has 2 N–H and O–H groups in total. The molecule has 9 nitrogen and oxygen atoms in total. The van der Waals surface area contributed by atoms with E-state index in [1.165, 1.54) is 0 Å². The molecule has 1 atom stereocenters. The molecule has 0 aliphatic carbocycles. The zero-order chi connectivity index (χ0) is 27.2. The van der Waals surface area contributed by atoms with Gasteiger partial charge in [-0.05, 0) is 67.4 Å². The average Bonchev–Trinajstić information content (AvgIpc) is 3.31. The lowest BCUT2D eigenvalue weighted by Crippen LogP contribution is -2.29. The van der Waals surface area contributed by atoms with Gasteiger partial charge >= 0.3 is 5.97 Å². The topological polar surface area (TPSA) is 114 Å². The molecule has 0 unspecified atom stereocenters. The number of hydrogen-bond acceptors (Lipinski definition) is 6. The second-order valence-corrected chi connectivity index (χ2v) is 9.01. The maximum absolute atomic E-state index is 12.8. The van der Waals surface area contributed by atoms with Crippen LogP contribution >= 0.6 is 0 Å². The fourth-order valence-electron chi connectivity index (χ4n) is 4.23. The van der Waals surface area contributed by atoms with Gasteiger partial charge in [-0.15, -0.1) is 0 Å². The first-order chi connectivity index (χ1) is 18.3. The summed E-state index contributed by atoms with van der Waals surface area (Å²) in [6.07, 6.45) is 0.0161. The van der Waals surface area contributed by atoms with Gasteiger partial charge in [-0.2, -0.15) is 0 Å². The van der Waals surface area contributed by atoms with Crippen LogP contribution in [-0.2, 0) is 19.1 Å². The maximum Gasteiger partial charge on any atom is 0.311 e. The number of carbonyl (C=O) groups excluding carboxylic acids is 4. The van der Waals surface area contributed by atoms with Crippen LogP contribution < -0.4 is 20.3 Å². The van der Waals surface area contributed by atoms with Crippen LogP contribution in [0.15, 0.2) is 66.7 Å². The van der Waals surface area contributed by atoms with Gasteiger partial charge < -0.3 is 25.0 Å². The van der Waals surface area contributed by atoms with E-state index in [1.807, 2.05) is 32.0 Å². The first-order valence-corrected chi connectivity index (χ1v) is 12.1. The lowest BCUT2D eigenvalue weighted by Gasteiger charge is -2.20. The SMILES string of the molecule is COc1ccc(NC(=O)c2ccccc2NC(=O)COC(=O)[C@@H]2CC(=O)N(c3cccc(C)c3C)C2)cc1. The van der Waals surface area contributed by atoms with Crippen LogP contribution in [0, 0.1) is 19.8 Å². The fourth-order valence-corrected chi connectivity index (χ4v) is 4.23. The highest BCUT2D eigenvalue weighted by molar-refractivity contribution is 6.10. The Hall–Kier alpha value is -4.66. The Bertz CT molecular complexity index is 1370. The van der Waals surface area contributed by atoms with Crippen molar-refractivity contribution in [2.24, 2.45) is 5.92 Å². The first kappa shape index (κ1) is 26.4. The second kappa shape index (κ2) is 11.6. The number of rotatable bonds is 8. The number of benzene rings is 3. The minimum Gasteiger partial charge on any atom is -0.497 e. The van der Waals surface area contributed by atoms with Crippen LogP contribution in [0.4, 0.5) is 17.1 Å². The van der Waals surface area contributed by atoms with E-state index in [0.717, 1.165) is 16.8 Å². The number of ether oxygens (including phenoxy) is 2. The van der Waals surface area contributed by atoms with E-state index in [2.05, 4.69) is 10.6 Å². The van der Waals surface area contributed by atoms with Crippen LogP contribution in [-0.4, -0.2) is 44.0 Å². The summed E-state index contributed by atoms with van der Waals surface area (Å²) in [5.41, 5.74) is 3.88. The predicted molar refractivity (Wildman–Crippen MR) is 143 cm³/mol. The van der Waals surface area contributed by atoms with Crippen molar-refractivity contribution in [1.29, 1.82) is 0 Å². The Balaban J connectivity index is 1.33. The molecule has 0 radical (unpaired) electrons. The van der Waals surface area contributed by atoms with Gasteiger partial charge in [-0.25, -0.2) is 0 Å². The quantitative estimate of drug-likeness (QED) is 0.437. The molecule has 3 aromatic carbocycles. The molecule has 1 aliphatic rings. The molecule has 9 heteroatoms. The lowest BCUT2D eigenvalue weighted by atomic mass is 10.1. The van der Waals surface area contributed by atoms with Gasteiger partial charge in [0, 0.05) is 24.3 Å². The summed E-state index contributed by atoms with van der Waals surface area (Å²) in [4.78, 5) is 52.2. The van der Waals surface area contributed by atoms with Crippen molar-refractivity contribution in [3.8, 4) is 5.75 Å². The van der Waals surface area contributed by atoms with E-state index in [0.29, 0.717) is 11.4 Å². The van der Waals surface area contributed by atoms with Crippen LogP contribution in [0.1, 0.15) is 27.9 Å². The number of anilines is 3. The highest BCUT2D eigenvalue weighted by Gasteiger charge is 2.37. The van der Waals surface area contributed by atoms with Crippen LogP contribution in [0.5, 0.6) is 5.75 Å². The van der Waals surface area contributed by atoms with E-state index in [4.69, 9.17) is 9.47 Å². The number of hydrogen-bond donors (Lipinski definition) is 2. The van der Waals surface area contributed by atoms with Gasteiger partial charge in [0.2, 0.25) is 5.91 Å². The third kappa shape index (κ3) is 6.00. The van der Waals surface area contributed by atoms with Crippen LogP contribution in [0.3, 0.4) is 0 Å². The van der Waals surface area contributed by atoms with Gasteiger partial charge in [0.05, 0.1) is 24.3 Å². The Morgan fingerprint density at radius 3 is 2.42 bits per heavy atom. The monoisotopic (exact) mass is 515 g/mol. The molecule has 0 bridgehead atoms. The molecule has 1 heterocycles. The predicted octanol–water partition coefficient (Wildman–Crippen LogP) is 4.10. The molecule has 196 valence electrons. The number of aryl methyl sites for hydroxylation is 1. The summed E-state index contributed by atoms with van der Waals surface area (Å²) in [7, 11) is 1.55. The number of nitrogens with zero attached hydrogens (tertiary/aromatic N) is 1. The third-order valence-electron chi connectivity index (χ3n) is 6.46. The third-order valence-corrected chi connectivity index (χ3v) is 6.46. The van der Waals surface area contributed by atoms with Crippen molar-refractivity contribution < 1.29 is 28.7 Å². The largest absolute Gasteiger partial charge is 0.497 e. The smallest absolute Gasteiger partial charge is 0.311 e. The number of methoxy groups -OCH3 is 1. The molecule has 1 saturated heterocycles. The number of esters is 1. The van der Waals surface area contributed by atoms with E-state index < -0.39 is 30.3 Å². The van der Waals surface area contributed by atoms with Gasteiger partial charge in [0.1, 0.15) is 5.75 Å². The van der Waals surface area contributed by atoms with Gasteiger partial charge in [-0.3, -0.25) is 19.2 Å². The van der Waals surface area contributed by atoms with Crippen LogP contribution in [0.2, 0.25) is 0 Å². The second-order valence-electron chi connectivity index (χ2n) is 9.01. The fraction of sp³-hybridized carbons (Fsp3) is 0.241. The molecular weight excluding hydrogens is 486 g/mol. The normalized spacial score (nSPS) is 14.7. The Kier molecular flexibility index (Phi) is 8.06. The average molecular weight is 516 g/mol. The molecule has 3 aromatic rings. The molecule has 38 heavy (non-hydrogen) atoms. The molecule has 1 aliphatic heterocycles. The van der Waals surface area contributed by atoms with Crippen molar-refractivity contribution >= 4 is 40.8 Å². The molecule has 0 spiro atoms. The Morgan fingerprint density at radius 2 is 1.68 bits per heavy atom. The summed E-state index contributed by atoms with van der Waals surface area (Å²) in [6, 6.07) is 19.0. The number of para-hydroxylation sites is 1. The summed E-state index contributed by atoms with van der Waals surface area (Å²) < 4.78 is 10.3. The van der Waals surface area contributed by atoms with Crippen molar-refractivity contribution in [3.05, 3.63) is 83.4 Å². The van der Waals surface area contributed by atoms with Crippen LogP contribution in [0.25, 0.3) is 0 Å². The summed E-state index contributed by atoms with van der Waals surface area (Å²) in [5, 5.41) is 5.40. The molecular formula is C29H29N3O6. The number of amides is 3. The van der Waals surface area contributed by atoms with Gasteiger partial charge in [-0.1, -0.05) is 24.3 Å². The van der Waals surface area contributed by atoms with E-state index in [9.17, 15) is 19.2 Å². The van der Waals surface area contributed by atoms with E-state index in [1.54, 1.807) is 60.5 Å². The minimum absolute atomic E-state index is 0.0161. The minimum atomic E-state index is -0.669. The molecule has 1 fully saturated rings. The standard InChI is InChI=1S/C29H29N3O6/c1-18-7-6-10-25(19(18)2)32-16-20(15-27(32)34)29(36)38-17-26(33)31-24-9-5-4-8-23(24)28(35)30-21-11-13-22(37-3)14-12-21/h4-14,20H,15-17H2,1-3H3,(H,30,35)(H,31,33)/t20-/m1/s1. The highest BCUT2D eigenvalue weighted by atomic mass is 16.5. The number of nitrogens with one attached hydrogen (secondary N) is 2. The molecule has 3 amide bonds. The van der Waals surface area contributed by atoms with Crippen molar-refractivity contribution in [2.45, 2.75) is 20.3 Å². The van der Waals surface area contributed by atoms with Crippen molar-refractivity contribution in [1.82, 2.24) is 0 Å². The maximum atomic E-state index is 12.8. The molecule has 0 saturated carbocycles.